The number of para-hydroxylation sites is 1. The van der Waals surface area contributed by atoms with Crippen molar-refractivity contribution in [1.82, 2.24) is 4.90 Å². The van der Waals surface area contributed by atoms with E-state index in [-0.39, 0.29) is 41.6 Å². The van der Waals surface area contributed by atoms with Gasteiger partial charge in [-0.15, -0.1) is 18.3 Å². The molecule has 3 aliphatic rings. The highest BCUT2D eigenvalue weighted by Gasteiger charge is 2.76. The Bertz CT molecular complexity index is 1300. The molecule has 0 aromatic heterocycles. The summed E-state index contributed by atoms with van der Waals surface area (Å²) in [5.41, 5.74) is 1.45. The molecule has 3 fully saturated rings. The predicted octanol–water partition coefficient (Wildman–Crippen LogP) is 4.49. The number of hydrogen-bond donors (Lipinski definition) is 1. The molecule has 3 heterocycles. The van der Waals surface area contributed by atoms with Crippen LogP contribution in [0.25, 0.3) is 0 Å². The lowest BCUT2D eigenvalue weighted by atomic mass is 9.71. The molecule has 5 rings (SSSR count). The minimum Gasteiger partial charge on any atom is -0.466 e. The predicted molar refractivity (Wildman–Crippen MR) is 161 cm³/mol. The Morgan fingerprint density at radius 3 is 2.62 bits per heavy atom. The summed E-state index contributed by atoms with van der Waals surface area (Å²) in [4.78, 5) is 45.5. The highest BCUT2D eigenvalue weighted by atomic mass is 79.9. The molecular formula is C30H32BrClN2O5S. The van der Waals surface area contributed by atoms with E-state index in [0.717, 1.165) is 5.56 Å². The van der Waals surface area contributed by atoms with Crippen LogP contribution in [0.4, 0.5) is 5.69 Å². The van der Waals surface area contributed by atoms with Gasteiger partial charge in [-0.2, -0.15) is 0 Å². The number of nitrogens with zero attached hydrogens (tertiary/aromatic N) is 2. The number of alkyl halides is 1. The van der Waals surface area contributed by atoms with Crippen LogP contribution in [0.15, 0.2) is 67.3 Å². The van der Waals surface area contributed by atoms with Crippen LogP contribution in [0.1, 0.15) is 18.9 Å². The van der Waals surface area contributed by atoms with Gasteiger partial charge in [0.2, 0.25) is 5.91 Å². The second kappa shape index (κ2) is 11.9. The topological polar surface area (TPSA) is 87.2 Å². The molecule has 3 saturated heterocycles. The number of aliphatic hydroxyl groups is 1. The van der Waals surface area contributed by atoms with Gasteiger partial charge in [-0.25, -0.2) is 0 Å². The van der Waals surface area contributed by atoms with Gasteiger partial charge in [0.15, 0.2) is 0 Å². The summed E-state index contributed by atoms with van der Waals surface area (Å²) < 4.78 is 4.57. The Kier molecular flexibility index (Phi) is 8.66. The van der Waals surface area contributed by atoms with Crippen LogP contribution < -0.4 is 4.90 Å². The first-order chi connectivity index (χ1) is 19.3. The fraction of sp³-hybridized carbons (Fsp3) is 0.433. The zero-order valence-corrected chi connectivity index (χ0v) is 25.3. The van der Waals surface area contributed by atoms with Crippen molar-refractivity contribution in [2.45, 2.75) is 46.7 Å². The molecule has 1 spiro atoms. The van der Waals surface area contributed by atoms with Crippen molar-refractivity contribution in [3.05, 3.63) is 77.8 Å². The normalized spacial score (nSPS) is 29.2. The molecule has 3 unspecified atom stereocenters. The quantitative estimate of drug-likeness (QED) is 0.232. The van der Waals surface area contributed by atoms with Crippen molar-refractivity contribution < 1.29 is 24.2 Å². The number of esters is 1. The molecule has 7 nitrogen and oxygen atoms in total. The van der Waals surface area contributed by atoms with Gasteiger partial charge < -0.3 is 19.6 Å². The highest BCUT2D eigenvalue weighted by Crippen LogP contribution is 2.68. The van der Waals surface area contributed by atoms with Gasteiger partial charge in [0, 0.05) is 16.6 Å². The van der Waals surface area contributed by atoms with Crippen molar-refractivity contribution in [3.63, 3.8) is 0 Å². The molecule has 0 radical (unpaired) electrons. The maximum Gasteiger partial charge on any atom is 0.310 e. The first-order valence-corrected chi connectivity index (χ1v) is 15.6. The lowest BCUT2D eigenvalue weighted by molar-refractivity contribution is -0.154. The number of carbonyl (C=O) groups excluding carboxylic acids is 3. The number of aliphatic hydroxyl groups excluding tert-OH is 1. The van der Waals surface area contributed by atoms with E-state index in [9.17, 15) is 19.5 Å². The number of likely N-dealkylation sites (tertiary alicyclic amines) is 1. The molecule has 2 bridgehead atoms. The number of rotatable bonds is 10. The van der Waals surface area contributed by atoms with Crippen molar-refractivity contribution in [2.24, 2.45) is 11.8 Å². The third-order valence-electron chi connectivity index (χ3n) is 8.16. The number of ether oxygens (including phenoxy) is 1. The average molecular weight is 648 g/mol. The Morgan fingerprint density at radius 1 is 1.27 bits per heavy atom. The summed E-state index contributed by atoms with van der Waals surface area (Å²) in [6.45, 7) is 5.64. The van der Waals surface area contributed by atoms with Crippen molar-refractivity contribution in [3.8, 4) is 0 Å². The minimum atomic E-state index is -0.934. The standard InChI is InChI=1S/C30H32BrClN2O5S/c1-3-14-33(22-13-9-8-12-21(22)32)28(37)26-30-16-20(31)25(40-30)23(29(38)39-4-2)24(30)27(36)34(26)19(17-35)15-18-10-6-5-7-11-18/h3,5-13,19-20,23-26,35H,1,4,14-17H2,2H3/t19-,20?,23+,24+,25+,26?,30?/m1/s1. The fourth-order valence-corrected chi connectivity index (χ4v) is 10.5. The summed E-state index contributed by atoms with van der Waals surface area (Å²) in [6, 6.07) is 15.0. The molecule has 2 aromatic rings. The summed E-state index contributed by atoms with van der Waals surface area (Å²) in [7, 11) is 0. The summed E-state index contributed by atoms with van der Waals surface area (Å²) in [5.74, 6) is -2.47. The van der Waals surface area contributed by atoms with Crippen LogP contribution >= 0.6 is 39.3 Å². The molecule has 2 amide bonds. The van der Waals surface area contributed by atoms with Crippen molar-refractivity contribution >= 4 is 62.8 Å². The molecule has 40 heavy (non-hydrogen) atoms. The van der Waals surface area contributed by atoms with Crippen LogP contribution in [0.5, 0.6) is 0 Å². The van der Waals surface area contributed by atoms with Gasteiger partial charge in [-0.05, 0) is 37.5 Å². The zero-order chi connectivity index (χ0) is 28.6. The molecule has 3 aliphatic heterocycles. The average Bonchev–Trinajstić information content (AvgIpc) is 3.54. The number of halogens is 2. The van der Waals surface area contributed by atoms with E-state index < -0.39 is 34.6 Å². The maximum absolute atomic E-state index is 14.8. The van der Waals surface area contributed by atoms with E-state index in [2.05, 4.69) is 22.5 Å². The molecule has 0 saturated carbocycles. The van der Waals surface area contributed by atoms with E-state index in [4.69, 9.17) is 16.3 Å². The molecule has 10 heteroatoms. The second-order valence-corrected chi connectivity index (χ2v) is 13.5. The lowest BCUT2D eigenvalue weighted by Crippen LogP contribution is -2.58. The second-order valence-electron chi connectivity index (χ2n) is 10.4. The van der Waals surface area contributed by atoms with E-state index >= 15 is 0 Å². The summed E-state index contributed by atoms with van der Waals surface area (Å²) >= 11 is 11.9. The Labute approximate surface area is 252 Å². The number of carbonyl (C=O) groups is 3. The maximum atomic E-state index is 14.8. The number of anilines is 1. The van der Waals surface area contributed by atoms with Crippen LogP contribution in [0.3, 0.4) is 0 Å². The summed E-state index contributed by atoms with van der Waals surface area (Å²) in [6.07, 6.45) is 2.51. The van der Waals surface area contributed by atoms with Gasteiger partial charge in [0.05, 0.1) is 46.5 Å². The molecule has 0 aliphatic carbocycles. The monoisotopic (exact) mass is 646 g/mol. The molecule has 1 N–H and O–H groups in total. The molecule has 2 aromatic carbocycles. The first-order valence-electron chi connectivity index (χ1n) is 13.4. The number of thioether (sulfide) groups is 1. The van der Waals surface area contributed by atoms with Crippen LogP contribution in [-0.4, -0.2) is 74.5 Å². The van der Waals surface area contributed by atoms with Crippen LogP contribution in [0.2, 0.25) is 5.02 Å². The van der Waals surface area contributed by atoms with E-state index in [1.807, 2.05) is 30.3 Å². The smallest absolute Gasteiger partial charge is 0.310 e. The van der Waals surface area contributed by atoms with E-state index in [0.29, 0.717) is 23.6 Å². The molecule has 7 atom stereocenters. The van der Waals surface area contributed by atoms with Crippen molar-refractivity contribution in [2.75, 3.05) is 24.7 Å². The number of benzene rings is 2. The summed E-state index contributed by atoms with van der Waals surface area (Å²) in [5, 5.41) is 10.8. The Morgan fingerprint density at radius 2 is 1.98 bits per heavy atom. The van der Waals surface area contributed by atoms with Crippen LogP contribution in [0, 0.1) is 11.8 Å². The van der Waals surface area contributed by atoms with Gasteiger partial charge in [-0.3, -0.25) is 14.4 Å². The minimum absolute atomic E-state index is 0.0823. The van der Waals surface area contributed by atoms with E-state index in [1.165, 1.54) is 11.8 Å². The van der Waals surface area contributed by atoms with E-state index in [1.54, 1.807) is 47.1 Å². The third kappa shape index (κ3) is 4.78. The largest absolute Gasteiger partial charge is 0.466 e. The highest BCUT2D eigenvalue weighted by molar-refractivity contribution is 9.09. The SMILES string of the molecule is C=CCN(C(=O)C1N([C@@H](CO)Cc2ccccc2)C(=O)[C@@H]2[C@H](C(=O)OCC)[C@H]3SC12CC3Br)c1ccccc1Cl. The lowest BCUT2D eigenvalue weighted by Gasteiger charge is -2.40. The Hall–Kier alpha value is -2.33. The number of amides is 2. The zero-order valence-electron chi connectivity index (χ0n) is 22.1. The molecule has 212 valence electrons. The van der Waals surface area contributed by atoms with Crippen molar-refractivity contribution in [1.29, 1.82) is 0 Å². The third-order valence-corrected chi connectivity index (χ3v) is 11.7. The van der Waals surface area contributed by atoms with Crippen LogP contribution in [-0.2, 0) is 25.5 Å². The fourth-order valence-electron chi connectivity index (χ4n) is 6.64. The number of fused-ring (bicyclic) bond motifs is 1. The van der Waals surface area contributed by atoms with Gasteiger partial charge >= 0.3 is 5.97 Å². The number of hydrogen-bond acceptors (Lipinski definition) is 6. The molecular weight excluding hydrogens is 616 g/mol. The Balaban J connectivity index is 1.64. The van der Waals surface area contributed by atoms with Gasteiger partial charge in [0.25, 0.3) is 5.91 Å². The van der Waals surface area contributed by atoms with Gasteiger partial charge in [0.1, 0.15) is 6.04 Å². The van der Waals surface area contributed by atoms with Gasteiger partial charge in [-0.1, -0.05) is 76.1 Å². The first kappa shape index (κ1) is 29.2.